The van der Waals surface area contributed by atoms with Crippen molar-refractivity contribution in [2.45, 2.75) is 26.0 Å². The summed E-state index contributed by atoms with van der Waals surface area (Å²) in [5, 5.41) is 0.402. The normalized spacial score (nSPS) is 12.7. The standard InChI is InChI=1S/C11H15ClO2S/c1-3-8(2)10(13)7-15-6-9-4-5-11(12)14-9/h4-5,8H,3,6-7H2,1-2H3. The van der Waals surface area contributed by atoms with Crippen molar-refractivity contribution >= 4 is 29.1 Å². The van der Waals surface area contributed by atoms with Gasteiger partial charge in [0.1, 0.15) is 11.5 Å². The van der Waals surface area contributed by atoms with Crippen LogP contribution < -0.4 is 0 Å². The predicted octanol–water partition coefficient (Wildman–Crippen LogP) is 3.78. The first-order valence-corrected chi connectivity index (χ1v) is 6.51. The first kappa shape index (κ1) is 12.7. The second-order valence-corrected chi connectivity index (χ2v) is 4.83. The van der Waals surface area contributed by atoms with E-state index < -0.39 is 0 Å². The first-order valence-electron chi connectivity index (χ1n) is 4.98. The Morgan fingerprint density at radius 2 is 2.33 bits per heavy atom. The molecule has 1 unspecified atom stereocenters. The Balaban J connectivity index is 2.24. The summed E-state index contributed by atoms with van der Waals surface area (Å²) in [4.78, 5) is 11.5. The summed E-state index contributed by atoms with van der Waals surface area (Å²) in [5.41, 5.74) is 0. The lowest BCUT2D eigenvalue weighted by atomic mass is 10.1. The maximum atomic E-state index is 11.5. The average Bonchev–Trinajstić information content (AvgIpc) is 2.63. The van der Waals surface area contributed by atoms with E-state index in [0.717, 1.165) is 12.2 Å². The van der Waals surface area contributed by atoms with Crippen molar-refractivity contribution in [2.75, 3.05) is 5.75 Å². The van der Waals surface area contributed by atoms with Gasteiger partial charge in [0, 0.05) is 5.92 Å². The molecule has 0 spiro atoms. The zero-order valence-corrected chi connectivity index (χ0v) is 10.5. The summed E-state index contributed by atoms with van der Waals surface area (Å²) in [5.74, 6) is 2.54. The Morgan fingerprint density at radius 1 is 1.60 bits per heavy atom. The number of ketones is 1. The Hall–Kier alpha value is -0.410. The maximum Gasteiger partial charge on any atom is 0.193 e. The highest BCUT2D eigenvalue weighted by Crippen LogP contribution is 2.19. The number of thioether (sulfide) groups is 1. The molecule has 15 heavy (non-hydrogen) atoms. The van der Waals surface area contributed by atoms with Crippen LogP contribution in [0.1, 0.15) is 26.0 Å². The van der Waals surface area contributed by atoms with Crippen molar-refractivity contribution in [1.82, 2.24) is 0 Å². The average molecular weight is 247 g/mol. The van der Waals surface area contributed by atoms with E-state index in [1.165, 1.54) is 0 Å². The molecule has 1 aromatic heterocycles. The van der Waals surface area contributed by atoms with E-state index in [9.17, 15) is 4.79 Å². The van der Waals surface area contributed by atoms with Gasteiger partial charge in [0.2, 0.25) is 0 Å². The second-order valence-electron chi connectivity index (χ2n) is 3.47. The van der Waals surface area contributed by atoms with Gasteiger partial charge in [-0.2, -0.15) is 0 Å². The number of carbonyl (C=O) groups is 1. The lowest BCUT2D eigenvalue weighted by molar-refractivity contribution is -0.119. The van der Waals surface area contributed by atoms with Gasteiger partial charge in [-0.3, -0.25) is 4.79 Å². The molecule has 1 atom stereocenters. The SMILES string of the molecule is CCC(C)C(=O)CSCc1ccc(Cl)o1. The van der Waals surface area contributed by atoms with Crippen LogP contribution >= 0.6 is 23.4 Å². The smallest absolute Gasteiger partial charge is 0.193 e. The highest BCUT2D eigenvalue weighted by Gasteiger charge is 2.10. The van der Waals surface area contributed by atoms with Crippen molar-refractivity contribution in [3.63, 3.8) is 0 Å². The van der Waals surface area contributed by atoms with Crippen LogP contribution in [-0.2, 0) is 10.5 Å². The van der Waals surface area contributed by atoms with E-state index in [1.807, 2.05) is 19.9 Å². The van der Waals surface area contributed by atoms with E-state index in [1.54, 1.807) is 17.8 Å². The molecule has 84 valence electrons. The molecule has 1 aromatic rings. The van der Waals surface area contributed by atoms with Crippen LogP contribution in [0, 0.1) is 5.92 Å². The molecular weight excluding hydrogens is 232 g/mol. The molecule has 0 radical (unpaired) electrons. The van der Waals surface area contributed by atoms with Gasteiger partial charge < -0.3 is 4.42 Å². The zero-order valence-electron chi connectivity index (χ0n) is 8.96. The fraction of sp³-hybridized carbons (Fsp3) is 0.545. The van der Waals surface area contributed by atoms with E-state index in [4.69, 9.17) is 16.0 Å². The predicted molar refractivity (Wildman–Crippen MR) is 64.3 cm³/mol. The summed E-state index contributed by atoms with van der Waals surface area (Å²) in [6.07, 6.45) is 0.909. The number of rotatable bonds is 6. The molecular formula is C11H15ClO2S. The van der Waals surface area contributed by atoms with Gasteiger partial charge in [-0.15, -0.1) is 11.8 Å². The topological polar surface area (TPSA) is 30.2 Å². The lowest BCUT2D eigenvalue weighted by Gasteiger charge is -2.05. The molecule has 0 bridgehead atoms. The third-order valence-electron chi connectivity index (χ3n) is 2.28. The summed E-state index contributed by atoms with van der Waals surface area (Å²) < 4.78 is 5.19. The highest BCUT2D eigenvalue weighted by molar-refractivity contribution is 7.99. The molecule has 1 rings (SSSR count). The summed E-state index contributed by atoms with van der Waals surface area (Å²) in [6.45, 7) is 3.99. The van der Waals surface area contributed by atoms with Crippen LogP contribution in [0.25, 0.3) is 0 Å². The van der Waals surface area contributed by atoms with Crippen molar-refractivity contribution in [2.24, 2.45) is 5.92 Å². The van der Waals surface area contributed by atoms with Crippen molar-refractivity contribution in [3.05, 3.63) is 23.1 Å². The largest absolute Gasteiger partial charge is 0.449 e. The van der Waals surface area contributed by atoms with E-state index in [-0.39, 0.29) is 5.92 Å². The number of furan rings is 1. The Morgan fingerprint density at radius 3 is 2.87 bits per heavy atom. The highest BCUT2D eigenvalue weighted by atomic mass is 35.5. The number of hydrogen-bond donors (Lipinski definition) is 0. The van der Waals surface area contributed by atoms with Crippen LogP contribution in [0.5, 0.6) is 0 Å². The molecule has 0 aliphatic heterocycles. The van der Waals surface area contributed by atoms with Crippen molar-refractivity contribution in [3.8, 4) is 0 Å². The van der Waals surface area contributed by atoms with E-state index >= 15 is 0 Å². The first-order chi connectivity index (χ1) is 7.13. The molecule has 0 aromatic carbocycles. The van der Waals surface area contributed by atoms with Crippen molar-refractivity contribution in [1.29, 1.82) is 0 Å². The Kier molecular flexibility index (Phi) is 5.26. The van der Waals surface area contributed by atoms with Gasteiger partial charge in [-0.1, -0.05) is 13.8 Å². The van der Waals surface area contributed by atoms with Gasteiger partial charge in [-0.05, 0) is 30.2 Å². The molecule has 2 nitrogen and oxygen atoms in total. The van der Waals surface area contributed by atoms with Crippen LogP contribution in [0.3, 0.4) is 0 Å². The maximum absolute atomic E-state index is 11.5. The molecule has 0 N–H and O–H groups in total. The lowest BCUT2D eigenvalue weighted by Crippen LogP contribution is -2.12. The molecule has 4 heteroatoms. The minimum atomic E-state index is 0.165. The van der Waals surface area contributed by atoms with Gasteiger partial charge >= 0.3 is 0 Å². The fourth-order valence-corrected chi connectivity index (χ4v) is 2.16. The summed E-state index contributed by atoms with van der Waals surface area (Å²) in [7, 11) is 0. The zero-order chi connectivity index (χ0) is 11.3. The van der Waals surface area contributed by atoms with Gasteiger partial charge in [0.15, 0.2) is 5.22 Å². The minimum absolute atomic E-state index is 0.165. The number of Topliss-reactive ketones (excluding diaryl/α,β-unsaturated/α-hetero) is 1. The molecule has 0 aliphatic rings. The number of hydrogen-bond acceptors (Lipinski definition) is 3. The van der Waals surface area contributed by atoms with Crippen LogP contribution in [0.4, 0.5) is 0 Å². The van der Waals surface area contributed by atoms with E-state index in [0.29, 0.717) is 22.5 Å². The monoisotopic (exact) mass is 246 g/mol. The summed E-state index contributed by atoms with van der Waals surface area (Å²) >= 11 is 7.20. The molecule has 0 saturated heterocycles. The molecule has 0 fully saturated rings. The van der Waals surface area contributed by atoms with Gasteiger partial charge in [-0.25, -0.2) is 0 Å². The van der Waals surface area contributed by atoms with Crippen LogP contribution in [0.15, 0.2) is 16.5 Å². The third kappa shape index (κ3) is 4.31. The summed E-state index contributed by atoms with van der Waals surface area (Å²) in [6, 6.07) is 3.55. The number of halogens is 1. The van der Waals surface area contributed by atoms with Crippen LogP contribution in [0.2, 0.25) is 5.22 Å². The van der Waals surface area contributed by atoms with Gasteiger partial charge in [0.05, 0.1) is 11.5 Å². The Bertz CT molecular complexity index is 322. The van der Waals surface area contributed by atoms with Crippen molar-refractivity contribution < 1.29 is 9.21 Å². The Labute approximate surface area is 99.4 Å². The molecule has 1 heterocycles. The van der Waals surface area contributed by atoms with Gasteiger partial charge in [0.25, 0.3) is 0 Å². The van der Waals surface area contributed by atoms with E-state index in [2.05, 4.69) is 0 Å². The number of carbonyl (C=O) groups excluding carboxylic acids is 1. The fourth-order valence-electron chi connectivity index (χ4n) is 1.05. The minimum Gasteiger partial charge on any atom is -0.449 e. The van der Waals surface area contributed by atoms with Crippen LogP contribution in [-0.4, -0.2) is 11.5 Å². The molecule has 0 saturated carbocycles. The quantitative estimate of drug-likeness (QED) is 0.765. The third-order valence-corrected chi connectivity index (χ3v) is 3.46. The molecule has 0 amide bonds. The second kappa shape index (κ2) is 6.23. The molecule has 0 aliphatic carbocycles.